The van der Waals surface area contributed by atoms with Crippen LogP contribution in [0.4, 0.5) is 0 Å². The van der Waals surface area contributed by atoms with Gasteiger partial charge in [0.25, 0.3) is 0 Å². The Hall–Kier alpha value is -1.78. The van der Waals surface area contributed by atoms with Crippen LogP contribution in [0.2, 0.25) is 0 Å². The van der Waals surface area contributed by atoms with Gasteiger partial charge in [-0.1, -0.05) is 20.8 Å². The summed E-state index contributed by atoms with van der Waals surface area (Å²) in [6.45, 7) is 6.04. The molecule has 0 aliphatic rings. The first kappa shape index (κ1) is 15.3. The van der Waals surface area contributed by atoms with E-state index in [1.54, 1.807) is 13.3 Å². The Morgan fingerprint density at radius 2 is 2.11 bits per heavy atom. The number of hydrogen-bond acceptors (Lipinski definition) is 4. The molecule has 0 amide bonds. The van der Waals surface area contributed by atoms with Crippen molar-refractivity contribution in [1.82, 2.24) is 14.6 Å². The molecule has 0 radical (unpaired) electrons. The first-order valence-electron chi connectivity index (χ1n) is 6.47. The summed E-state index contributed by atoms with van der Waals surface area (Å²) in [6, 6.07) is 0. The number of ketones is 1. The van der Waals surface area contributed by atoms with E-state index in [4.69, 9.17) is 4.84 Å². The van der Waals surface area contributed by atoms with Crippen LogP contribution in [-0.4, -0.2) is 41.6 Å². The minimum atomic E-state index is -0.0912. The Morgan fingerprint density at radius 3 is 2.53 bits per heavy atom. The maximum Gasteiger partial charge on any atom is 0.209 e. The number of aryl methyl sites for hydroxylation is 1. The van der Waals surface area contributed by atoms with Gasteiger partial charge in [-0.05, 0) is 5.92 Å². The molecule has 0 atom stereocenters. The van der Waals surface area contributed by atoms with Gasteiger partial charge in [0, 0.05) is 32.8 Å². The van der Waals surface area contributed by atoms with Gasteiger partial charge in [-0.2, -0.15) is 4.73 Å². The van der Waals surface area contributed by atoms with Gasteiger partial charge < -0.3 is 9.74 Å². The number of hydrogen-bond donors (Lipinski definition) is 0. The molecule has 5 nitrogen and oxygen atoms in total. The molecule has 1 rings (SSSR count). The van der Waals surface area contributed by atoms with Crippen molar-refractivity contribution in [2.24, 2.45) is 0 Å². The Balaban J connectivity index is 3.30. The fraction of sp³-hybridized carbons (Fsp3) is 0.571. The van der Waals surface area contributed by atoms with Crippen LogP contribution in [0.1, 0.15) is 48.7 Å². The summed E-state index contributed by atoms with van der Waals surface area (Å²) in [7, 11) is 5.30. The number of rotatable bonds is 6. The van der Waals surface area contributed by atoms with E-state index in [9.17, 15) is 4.79 Å². The van der Waals surface area contributed by atoms with Gasteiger partial charge in [-0.25, -0.2) is 4.98 Å². The third-order valence-corrected chi connectivity index (χ3v) is 2.73. The molecule has 0 unspecified atom stereocenters. The molecule has 0 bridgehead atoms. The zero-order chi connectivity index (χ0) is 14.6. The van der Waals surface area contributed by atoms with Crippen molar-refractivity contribution < 1.29 is 9.63 Å². The normalized spacial score (nSPS) is 11.3. The van der Waals surface area contributed by atoms with Crippen molar-refractivity contribution in [3.8, 4) is 0 Å². The van der Waals surface area contributed by atoms with Crippen molar-refractivity contribution in [3.05, 3.63) is 29.5 Å². The molecule has 19 heavy (non-hydrogen) atoms. The molecule has 1 aromatic rings. The average Bonchev–Trinajstić information content (AvgIpc) is 2.74. The first-order chi connectivity index (χ1) is 8.92. The Morgan fingerprint density at radius 1 is 1.47 bits per heavy atom. The number of allylic oxidation sites excluding steroid dienone is 1. The number of imidazole rings is 1. The molecule has 0 aliphatic heterocycles. The zero-order valence-corrected chi connectivity index (χ0v) is 12.6. The van der Waals surface area contributed by atoms with Gasteiger partial charge in [-0.15, -0.1) is 0 Å². The molecule has 0 aromatic carbocycles. The highest BCUT2D eigenvalue weighted by molar-refractivity contribution is 6.04. The molecule has 0 saturated carbocycles. The van der Waals surface area contributed by atoms with Gasteiger partial charge in [0.2, 0.25) is 5.78 Å². The highest BCUT2D eigenvalue weighted by Gasteiger charge is 2.23. The summed E-state index contributed by atoms with van der Waals surface area (Å²) in [5.41, 5.74) is 1.31. The highest BCUT2D eigenvalue weighted by Crippen LogP contribution is 2.21. The molecule has 0 aliphatic carbocycles. The summed E-state index contributed by atoms with van der Waals surface area (Å²) in [4.78, 5) is 24.0. The summed E-state index contributed by atoms with van der Waals surface area (Å²) in [5, 5.41) is 0. The fourth-order valence-corrected chi connectivity index (χ4v) is 1.81. The van der Waals surface area contributed by atoms with Gasteiger partial charge in [0.05, 0.1) is 5.69 Å². The molecular weight excluding hydrogens is 242 g/mol. The smallest absolute Gasteiger partial charge is 0.209 e. The molecule has 5 heteroatoms. The van der Waals surface area contributed by atoms with Crippen molar-refractivity contribution >= 4 is 5.78 Å². The molecule has 0 saturated heterocycles. The maximum atomic E-state index is 12.3. The third kappa shape index (κ3) is 3.36. The Labute approximate surface area is 114 Å². The second-order valence-electron chi connectivity index (χ2n) is 4.89. The number of aromatic nitrogens is 2. The topological polar surface area (TPSA) is 47.4 Å². The standard InChI is InChI=1S/C14H23N3O2/c1-7-12-15-13(10(2)3)14(17(12)19-6)11(18)8-9-16(4)5/h8-10H,7H2,1-6H3. The van der Waals surface area contributed by atoms with Crippen LogP contribution >= 0.6 is 0 Å². The van der Waals surface area contributed by atoms with E-state index in [1.807, 2.05) is 39.8 Å². The zero-order valence-electron chi connectivity index (χ0n) is 12.6. The SMILES string of the molecule is CCc1nc(C(C)C)c(C(=O)C=CN(C)C)n1OC. The molecule has 1 aromatic heterocycles. The predicted molar refractivity (Wildman–Crippen MR) is 75.4 cm³/mol. The van der Waals surface area contributed by atoms with Crippen molar-refractivity contribution in [2.75, 3.05) is 21.2 Å². The molecule has 0 spiro atoms. The van der Waals surface area contributed by atoms with E-state index in [0.717, 1.165) is 17.9 Å². The van der Waals surface area contributed by atoms with Crippen LogP contribution in [0.3, 0.4) is 0 Å². The predicted octanol–water partition coefficient (Wildman–Crippen LogP) is 1.89. The van der Waals surface area contributed by atoms with Crippen LogP contribution in [0, 0.1) is 0 Å². The number of carbonyl (C=O) groups excluding carboxylic acids is 1. The lowest BCUT2D eigenvalue weighted by Gasteiger charge is -2.09. The summed E-state index contributed by atoms with van der Waals surface area (Å²) >= 11 is 0. The second-order valence-corrected chi connectivity index (χ2v) is 4.89. The summed E-state index contributed by atoms with van der Waals surface area (Å²) in [5.74, 6) is 0.854. The Kier molecular flexibility index (Phi) is 5.15. The minimum absolute atomic E-state index is 0.0912. The van der Waals surface area contributed by atoms with E-state index < -0.39 is 0 Å². The number of nitrogens with zero attached hydrogens (tertiary/aromatic N) is 3. The molecule has 0 N–H and O–H groups in total. The molecule has 106 valence electrons. The van der Waals surface area contributed by atoms with Crippen LogP contribution < -0.4 is 4.84 Å². The second kappa shape index (κ2) is 6.41. The largest absolute Gasteiger partial charge is 0.415 e. The van der Waals surface area contributed by atoms with Crippen LogP contribution in [0.15, 0.2) is 12.3 Å². The van der Waals surface area contributed by atoms with E-state index in [2.05, 4.69) is 4.98 Å². The van der Waals surface area contributed by atoms with E-state index in [0.29, 0.717) is 5.69 Å². The van der Waals surface area contributed by atoms with Crippen LogP contribution in [0.25, 0.3) is 0 Å². The lowest BCUT2D eigenvalue weighted by molar-refractivity contribution is 0.0973. The number of carbonyl (C=O) groups is 1. The monoisotopic (exact) mass is 265 g/mol. The van der Waals surface area contributed by atoms with Crippen LogP contribution in [0.5, 0.6) is 0 Å². The quantitative estimate of drug-likeness (QED) is 0.582. The van der Waals surface area contributed by atoms with Gasteiger partial charge in [0.15, 0.2) is 5.69 Å². The van der Waals surface area contributed by atoms with Crippen molar-refractivity contribution in [3.63, 3.8) is 0 Å². The van der Waals surface area contributed by atoms with E-state index >= 15 is 0 Å². The Bertz CT molecular complexity index is 473. The van der Waals surface area contributed by atoms with E-state index in [-0.39, 0.29) is 11.7 Å². The third-order valence-electron chi connectivity index (χ3n) is 2.73. The molecule has 1 heterocycles. The molecular formula is C14H23N3O2. The van der Waals surface area contributed by atoms with Gasteiger partial charge in [0.1, 0.15) is 12.9 Å². The van der Waals surface area contributed by atoms with Gasteiger partial charge >= 0.3 is 0 Å². The average molecular weight is 265 g/mol. The lowest BCUT2D eigenvalue weighted by atomic mass is 10.1. The van der Waals surface area contributed by atoms with Gasteiger partial charge in [-0.3, -0.25) is 4.79 Å². The van der Waals surface area contributed by atoms with Crippen molar-refractivity contribution in [1.29, 1.82) is 0 Å². The fourth-order valence-electron chi connectivity index (χ4n) is 1.81. The summed E-state index contributed by atoms with van der Waals surface area (Å²) in [6.07, 6.45) is 3.99. The highest BCUT2D eigenvalue weighted by atomic mass is 16.6. The first-order valence-corrected chi connectivity index (χ1v) is 6.47. The van der Waals surface area contributed by atoms with E-state index in [1.165, 1.54) is 10.8 Å². The minimum Gasteiger partial charge on any atom is -0.415 e. The maximum absolute atomic E-state index is 12.3. The van der Waals surface area contributed by atoms with Crippen molar-refractivity contribution in [2.45, 2.75) is 33.1 Å². The van der Waals surface area contributed by atoms with Crippen LogP contribution in [-0.2, 0) is 6.42 Å². The lowest BCUT2D eigenvalue weighted by Crippen LogP contribution is -2.17. The summed E-state index contributed by atoms with van der Waals surface area (Å²) < 4.78 is 1.54. The molecule has 0 fully saturated rings.